The molecule has 3 N–H and O–H groups in total. The number of ether oxygens (including phenoxy) is 1. The number of nitrogens with one attached hydrogen (secondary N) is 2. The van der Waals surface area contributed by atoms with Gasteiger partial charge in [-0.1, -0.05) is 32.0 Å². The van der Waals surface area contributed by atoms with Crippen LogP contribution in [0.15, 0.2) is 41.6 Å². The van der Waals surface area contributed by atoms with Gasteiger partial charge in [0.1, 0.15) is 10.8 Å². The van der Waals surface area contributed by atoms with E-state index in [4.69, 9.17) is 9.65 Å². The minimum Gasteiger partial charge on any atom is -0.405 e. The van der Waals surface area contributed by atoms with Gasteiger partial charge in [0.25, 0.3) is 10.1 Å². The quantitative estimate of drug-likeness (QED) is 0.353. The molecule has 14 heteroatoms. The Kier molecular flexibility index (Phi) is 9.67. The van der Waals surface area contributed by atoms with Crippen molar-refractivity contribution in [2.75, 3.05) is 24.7 Å². The number of hydrogen-bond acceptors (Lipinski definition) is 8. The molecular formula is C23H30F3N5O4S2. The van der Waals surface area contributed by atoms with Gasteiger partial charge in [-0.2, -0.15) is 13.5 Å². The molecule has 3 heterocycles. The number of alkyl halides is 3. The largest absolute Gasteiger partial charge is 0.573 e. The second-order valence-electron chi connectivity index (χ2n) is 8.78. The highest BCUT2D eigenvalue weighted by Gasteiger charge is 2.32. The monoisotopic (exact) mass is 561 g/mol. The first-order valence-corrected chi connectivity index (χ1v) is 14.3. The molecule has 0 radical (unpaired) electrons. The van der Waals surface area contributed by atoms with Crippen LogP contribution in [0, 0.1) is 0 Å². The Morgan fingerprint density at radius 2 is 1.92 bits per heavy atom. The Balaban J connectivity index is 0.000000695. The number of hydrogen-bond donors (Lipinski definition) is 3. The summed E-state index contributed by atoms with van der Waals surface area (Å²) in [4.78, 5) is 4.53. The predicted octanol–water partition coefficient (Wildman–Crippen LogP) is 4.71. The first-order valence-electron chi connectivity index (χ1n) is 11.6. The molecule has 0 spiro atoms. The van der Waals surface area contributed by atoms with Crippen molar-refractivity contribution in [3.63, 3.8) is 0 Å². The van der Waals surface area contributed by atoms with Crippen molar-refractivity contribution in [3.8, 4) is 5.75 Å². The van der Waals surface area contributed by atoms with Crippen LogP contribution in [-0.4, -0.2) is 58.5 Å². The molecule has 0 unspecified atom stereocenters. The van der Waals surface area contributed by atoms with Crippen molar-refractivity contribution in [2.24, 2.45) is 0 Å². The molecule has 1 aliphatic rings. The van der Waals surface area contributed by atoms with Crippen molar-refractivity contribution < 1.29 is 30.9 Å². The van der Waals surface area contributed by atoms with Gasteiger partial charge >= 0.3 is 6.36 Å². The maximum Gasteiger partial charge on any atom is 0.573 e. The maximum absolute atomic E-state index is 12.8. The van der Waals surface area contributed by atoms with Gasteiger partial charge < -0.3 is 15.4 Å². The summed E-state index contributed by atoms with van der Waals surface area (Å²) in [6, 6.07) is 8.08. The van der Waals surface area contributed by atoms with Crippen molar-refractivity contribution in [1.82, 2.24) is 19.9 Å². The fraction of sp³-hybridized carbons (Fsp3) is 0.478. The van der Waals surface area contributed by atoms with E-state index in [-0.39, 0.29) is 18.2 Å². The molecule has 1 saturated heterocycles. The topological polar surface area (TPSA) is 118 Å². The van der Waals surface area contributed by atoms with Crippen LogP contribution in [-0.2, 0) is 16.7 Å². The zero-order chi connectivity index (χ0) is 27.2. The second kappa shape index (κ2) is 12.3. The highest BCUT2D eigenvalue weighted by atomic mass is 32.2. The zero-order valence-corrected chi connectivity index (χ0v) is 22.3. The molecule has 4 rings (SSSR count). The van der Waals surface area contributed by atoms with E-state index < -0.39 is 16.5 Å². The van der Waals surface area contributed by atoms with E-state index in [0.717, 1.165) is 42.3 Å². The number of nitrogens with zero attached hydrogens (tertiary/aromatic N) is 3. The number of halogens is 3. The first kappa shape index (κ1) is 29.0. The maximum atomic E-state index is 12.8. The molecule has 0 saturated carbocycles. The summed E-state index contributed by atoms with van der Waals surface area (Å²) >= 11 is 1.74. The van der Waals surface area contributed by atoms with Gasteiger partial charge in [-0.25, -0.2) is 9.50 Å². The zero-order valence-electron chi connectivity index (χ0n) is 20.6. The summed E-state index contributed by atoms with van der Waals surface area (Å²) in [7, 11) is -3.67. The van der Waals surface area contributed by atoms with Crippen LogP contribution >= 0.6 is 11.8 Å². The van der Waals surface area contributed by atoms with Gasteiger partial charge in [-0.3, -0.25) is 4.55 Å². The highest BCUT2D eigenvalue weighted by Crippen LogP contribution is 2.32. The number of anilines is 1. The summed E-state index contributed by atoms with van der Waals surface area (Å²) < 4.78 is 70.2. The molecule has 1 fully saturated rings. The summed E-state index contributed by atoms with van der Waals surface area (Å²) in [5.41, 5.74) is 2.77. The number of fused-ring (bicyclic) bond motifs is 1. The number of piperidine rings is 1. The van der Waals surface area contributed by atoms with Gasteiger partial charge in [-0.15, -0.1) is 24.9 Å². The van der Waals surface area contributed by atoms with E-state index in [1.165, 1.54) is 12.1 Å². The summed E-state index contributed by atoms with van der Waals surface area (Å²) in [6.07, 6.45) is -0.0919. The van der Waals surface area contributed by atoms with Gasteiger partial charge in [0.15, 0.2) is 5.65 Å². The molecule has 0 amide bonds. The smallest absolute Gasteiger partial charge is 0.405 e. The first-order chi connectivity index (χ1) is 17.3. The van der Waals surface area contributed by atoms with Crippen LogP contribution < -0.4 is 15.4 Å². The van der Waals surface area contributed by atoms with E-state index in [1.807, 2.05) is 10.6 Å². The van der Waals surface area contributed by atoms with Crippen molar-refractivity contribution in [1.29, 1.82) is 0 Å². The molecule has 1 aromatic carbocycles. The molecule has 2 aromatic heterocycles. The van der Waals surface area contributed by atoms with Crippen LogP contribution in [0.1, 0.15) is 43.9 Å². The third-order valence-electron chi connectivity index (χ3n) is 5.30. The molecule has 204 valence electrons. The van der Waals surface area contributed by atoms with E-state index >= 15 is 0 Å². The molecule has 0 atom stereocenters. The average Bonchev–Trinajstić information content (AvgIpc) is 3.21. The van der Waals surface area contributed by atoms with Crippen LogP contribution in [0.5, 0.6) is 5.75 Å². The highest BCUT2D eigenvalue weighted by molar-refractivity contribution is 7.99. The third-order valence-corrected chi connectivity index (χ3v) is 6.55. The Labute approximate surface area is 217 Å². The normalized spacial score (nSPS) is 14.9. The third kappa shape index (κ3) is 9.36. The average molecular weight is 562 g/mol. The van der Waals surface area contributed by atoms with Crippen LogP contribution in [0.2, 0.25) is 0 Å². The van der Waals surface area contributed by atoms with Gasteiger partial charge in [0, 0.05) is 17.4 Å². The van der Waals surface area contributed by atoms with Gasteiger partial charge in [0.05, 0.1) is 23.8 Å². The lowest BCUT2D eigenvalue weighted by atomic mass is 10.1. The lowest BCUT2D eigenvalue weighted by Crippen LogP contribution is -2.29. The number of aromatic nitrogens is 3. The molecular weight excluding hydrogens is 531 g/mol. The predicted molar refractivity (Wildman–Crippen MR) is 137 cm³/mol. The van der Waals surface area contributed by atoms with Crippen molar-refractivity contribution >= 4 is 33.2 Å². The van der Waals surface area contributed by atoms with Crippen LogP contribution in [0.3, 0.4) is 0 Å². The fourth-order valence-corrected chi connectivity index (χ4v) is 4.82. The Bertz CT molecular complexity index is 1290. The van der Waals surface area contributed by atoms with E-state index in [9.17, 15) is 21.6 Å². The van der Waals surface area contributed by atoms with E-state index in [1.54, 1.807) is 30.1 Å². The number of imidazole rings is 1. The molecule has 3 aromatic rings. The molecule has 9 nitrogen and oxygen atoms in total. The van der Waals surface area contributed by atoms with Crippen LogP contribution in [0.25, 0.3) is 5.65 Å². The van der Waals surface area contributed by atoms with Crippen molar-refractivity contribution in [2.45, 2.75) is 55.8 Å². The molecule has 0 aliphatic carbocycles. The van der Waals surface area contributed by atoms with Crippen molar-refractivity contribution in [3.05, 3.63) is 47.8 Å². The van der Waals surface area contributed by atoms with E-state index in [0.29, 0.717) is 22.7 Å². The minimum absolute atomic E-state index is 0.160. The summed E-state index contributed by atoms with van der Waals surface area (Å²) in [5.74, 6) is 0.0125. The van der Waals surface area contributed by atoms with Crippen LogP contribution in [0.4, 0.5) is 18.9 Å². The van der Waals surface area contributed by atoms with E-state index in [2.05, 4.69) is 34.2 Å². The number of rotatable bonds is 7. The summed E-state index contributed by atoms with van der Waals surface area (Å²) in [6.45, 7) is 6.30. The summed E-state index contributed by atoms with van der Waals surface area (Å²) in [5, 5.41) is 12.8. The second-order valence-corrected chi connectivity index (χ2v) is 11.6. The lowest BCUT2D eigenvalue weighted by molar-refractivity contribution is -0.274. The lowest BCUT2D eigenvalue weighted by Gasteiger charge is -2.22. The molecule has 0 bridgehead atoms. The SMILES string of the molecule is CC(C)c1cnc2c(NCc3ccccc3OC(F)(F)F)cc(SC3CCNCC3)nn12.CS(=O)(=O)O. The fourth-order valence-electron chi connectivity index (χ4n) is 3.69. The number of thioether (sulfide) groups is 1. The van der Waals surface area contributed by atoms with Gasteiger partial charge in [0.2, 0.25) is 0 Å². The Morgan fingerprint density at radius 3 is 2.54 bits per heavy atom. The standard InChI is InChI=1S/C22H26F3N5OS.CH4O3S/c1-14(2)18-13-28-21-17(11-20(29-30(18)21)32-16-7-9-26-10-8-16)27-12-15-5-3-4-6-19(15)31-22(23,24)25;1-5(2,3)4/h3-6,11,13-14,16,26-27H,7-10,12H2,1-2H3;1H3,(H,2,3,4). The minimum atomic E-state index is -4.74. The Hall–Kier alpha value is -2.55. The number of para-hydroxylation sites is 1. The Morgan fingerprint density at radius 1 is 1.27 bits per heavy atom. The number of benzene rings is 1. The molecule has 1 aliphatic heterocycles. The molecule has 37 heavy (non-hydrogen) atoms. The van der Waals surface area contributed by atoms with Gasteiger partial charge in [-0.05, 0) is 44.0 Å².